The molecule has 2 atom stereocenters. The smallest absolute Gasteiger partial charge is 0.229 e. The molecule has 0 amide bonds. The molecule has 1 fully saturated rings. The van der Waals surface area contributed by atoms with Gasteiger partial charge in [-0.1, -0.05) is 19.0 Å². The molecule has 0 saturated carbocycles. The monoisotopic (exact) mass is 348 g/mol. The van der Waals surface area contributed by atoms with Crippen molar-refractivity contribution in [1.29, 1.82) is 0 Å². The van der Waals surface area contributed by atoms with Gasteiger partial charge >= 0.3 is 0 Å². The van der Waals surface area contributed by atoms with E-state index >= 15 is 0 Å². The van der Waals surface area contributed by atoms with Gasteiger partial charge in [0.2, 0.25) is 5.89 Å². The molecule has 1 aliphatic heterocycles. The number of nitrogens with zero attached hydrogens (tertiary/aromatic N) is 6. The first kappa shape index (κ1) is 18.0. The van der Waals surface area contributed by atoms with E-state index in [1.807, 2.05) is 26.1 Å². The SMILES string of the molecule is CC(C)c1nc(CN(C)[C@@H]2CCN(C[C@@H](O)Cn3cccn3)C2)no1. The molecule has 0 bridgehead atoms. The van der Waals surface area contributed by atoms with Crippen molar-refractivity contribution in [2.24, 2.45) is 0 Å². The molecule has 8 nitrogen and oxygen atoms in total. The largest absolute Gasteiger partial charge is 0.390 e. The van der Waals surface area contributed by atoms with E-state index in [1.165, 1.54) is 0 Å². The van der Waals surface area contributed by atoms with Crippen LogP contribution in [-0.2, 0) is 13.1 Å². The Kier molecular flexibility index (Phi) is 5.82. The summed E-state index contributed by atoms with van der Waals surface area (Å²) in [6.07, 6.45) is 4.28. The highest BCUT2D eigenvalue weighted by atomic mass is 16.5. The second-order valence-corrected chi connectivity index (χ2v) is 7.20. The molecule has 1 saturated heterocycles. The number of likely N-dealkylation sites (N-methyl/N-ethyl adjacent to an activating group) is 1. The number of aliphatic hydroxyl groups excluding tert-OH is 1. The summed E-state index contributed by atoms with van der Waals surface area (Å²) in [4.78, 5) is 9.03. The Hall–Kier alpha value is -1.77. The van der Waals surface area contributed by atoms with Gasteiger partial charge in [-0.05, 0) is 26.1 Å². The Morgan fingerprint density at radius 3 is 2.92 bits per heavy atom. The van der Waals surface area contributed by atoms with Crippen LogP contribution in [0.5, 0.6) is 0 Å². The predicted octanol–water partition coefficient (Wildman–Crippen LogP) is 0.957. The molecule has 0 radical (unpaired) electrons. The summed E-state index contributed by atoms with van der Waals surface area (Å²) in [5.41, 5.74) is 0. The maximum atomic E-state index is 10.2. The third-order valence-corrected chi connectivity index (χ3v) is 4.67. The highest BCUT2D eigenvalue weighted by Gasteiger charge is 2.27. The fourth-order valence-electron chi connectivity index (χ4n) is 3.24. The van der Waals surface area contributed by atoms with Crippen LogP contribution in [-0.4, -0.2) is 73.7 Å². The Morgan fingerprint density at radius 2 is 2.24 bits per heavy atom. The van der Waals surface area contributed by atoms with Crippen LogP contribution in [0.3, 0.4) is 0 Å². The summed E-state index contributed by atoms with van der Waals surface area (Å²) in [6, 6.07) is 2.31. The van der Waals surface area contributed by atoms with E-state index in [2.05, 4.69) is 32.1 Å². The molecule has 138 valence electrons. The van der Waals surface area contributed by atoms with Gasteiger partial charge in [-0.3, -0.25) is 14.5 Å². The van der Waals surface area contributed by atoms with Crippen LogP contribution >= 0.6 is 0 Å². The van der Waals surface area contributed by atoms with Crippen LogP contribution in [0.15, 0.2) is 23.0 Å². The number of aromatic nitrogens is 4. The zero-order chi connectivity index (χ0) is 17.8. The summed E-state index contributed by atoms with van der Waals surface area (Å²) in [5, 5.41) is 18.5. The standard InChI is InChI=1S/C17H28N6O2/c1-13(2)17-19-16(20-25-17)12-21(3)14-5-8-22(9-14)10-15(24)11-23-7-4-6-18-23/h4,6-7,13-15,24H,5,8-12H2,1-3H3/t14-,15-/m1/s1. The van der Waals surface area contributed by atoms with Gasteiger partial charge in [0.25, 0.3) is 0 Å². The van der Waals surface area contributed by atoms with E-state index in [0.717, 1.165) is 25.3 Å². The van der Waals surface area contributed by atoms with Gasteiger partial charge < -0.3 is 9.63 Å². The predicted molar refractivity (Wildman–Crippen MR) is 92.9 cm³/mol. The lowest BCUT2D eigenvalue weighted by atomic mass is 10.2. The van der Waals surface area contributed by atoms with Gasteiger partial charge in [0, 0.05) is 37.4 Å². The van der Waals surface area contributed by atoms with Gasteiger partial charge in [0.1, 0.15) is 0 Å². The third-order valence-electron chi connectivity index (χ3n) is 4.67. The second kappa shape index (κ2) is 8.07. The average Bonchev–Trinajstić information content (AvgIpc) is 3.28. The maximum absolute atomic E-state index is 10.2. The molecule has 2 aromatic rings. The lowest BCUT2D eigenvalue weighted by Gasteiger charge is -2.24. The number of likely N-dealkylation sites (tertiary alicyclic amines) is 1. The maximum Gasteiger partial charge on any atom is 0.229 e. The first-order chi connectivity index (χ1) is 12.0. The molecule has 0 aromatic carbocycles. The van der Waals surface area contributed by atoms with Gasteiger partial charge in [-0.15, -0.1) is 0 Å². The Morgan fingerprint density at radius 1 is 1.40 bits per heavy atom. The third kappa shape index (κ3) is 4.87. The normalized spacial score (nSPS) is 20.0. The Labute approximate surface area is 148 Å². The van der Waals surface area contributed by atoms with Gasteiger partial charge in [-0.2, -0.15) is 10.1 Å². The van der Waals surface area contributed by atoms with Crippen LogP contribution in [0.1, 0.15) is 37.9 Å². The molecular formula is C17H28N6O2. The van der Waals surface area contributed by atoms with Crippen molar-refractivity contribution in [2.75, 3.05) is 26.7 Å². The molecule has 3 rings (SSSR count). The summed E-state index contributed by atoms with van der Waals surface area (Å²) in [7, 11) is 2.10. The summed E-state index contributed by atoms with van der Waals surface area (Å²) in [6.45, 7) is 7.92. The van der Waals surface area contributed by atoms with E-state index in [1.54, 1.807) is 10.9 Å². The topological polar surface area (TPSA) is 83.5 Å². The molecule has 25 heavy (non-hydrogen) atoms. The second-order valence-electron chi connectivity index (χ2n) is 7.20. The lowest BCUT2D eigenvalue weighted by Crippen LogP contribution is -2.37. The molecule has 8 heteroatoms. The molecule has 3 heterocycles. The van der Waals surface area contributed by atoms with Crippen LogP contribution in [0.25, 0.3) is 0 Å². The van der Waals surface area contributed by atoms with Crippen molar-refractivity contribution < 1.29 is 9.63 Å². The number of aliphatic hydroxyl groups is 1. The highest BCUT2D eigenvalue weighted by Crippen LogP contribution is 2.17. The van der Waals surface area contributed by atoms with E-state index in [-0.39, 0.29) is 5.92 Å². The quantitative estimate of drug-likeness (QED) is 0.760. The minimum atomic E-state index is -0.408. The van der Waals surface area contributed by atoms with Crippen LogP contribution in [0, 0.1) is 0 Å². The number of hydrogen-bond donors (Lipinski definition) is 1. The average molecular weight is 348 g/mol. The van der Waals surface area contributed by atoms with Crippen molar-refractivity contribution >= 4 is 0 Å². The van der Waals surface area contributed by atoms with Crippen molar-refractivity contribution in [3.63, 3.8) is 0 Å². The summed E-state index contributed by atoms with van der Waals surface area (Å²) < 4.78 is 7.04. The minimum absolute atomic E-state index is 0.254. The summed E-state index contributed by atoms with van der Waals surface area (Å²) >= 11 is 0. The van der Waals surface area contributed by atoms with Gasteiger partial charge in [0.05, 0.1) is 19.2 Å². The van der Waals surface area contributed by atoms with E-state index in [9.17, 15) is 5.11 Å². The minimum Gasteiger partial charge on any atom is -0.390 e. The summed E-state index contributed by atoms with van der Waals surface area (Å²) in [5.74, 6) is 1.69. The molecule has 0 aliphatic carbocycles. The lowest BCUT2D eigenvalue weighted by molar-refractivity contribution is 0.101. The number of β-amino-alcohol motifs (C(OH)–C–C–N with tert-alkyl or cyclic N) is 1. The van der Waals surface area contributed by atoms with Crippen molar-refractivity contribution in [1.82, 2.24) is 29.7 Å². The van der Waals surface area contributed by atoms with Crippen molar-refractivity contribution in [3.8, 4) is 0 Å². The van der Waals surface area contributed by atoms with Crippen LogP contribution in [0.4, 0.5) is 0 Å². The van der Waals surface area contributed by atoms with Crippen LogP contribution in [0.2, 0.25) is 0 Å². The number of rotatable bonds is 8. The fourth-order valence-corrected chi connectivity index (χ4v) is 3.24. The molecule has 0 spiro atoms. The molecule has 1 aliphatic rings. The molecule has 2 aromatic heterocycles. The van der Waals surface area contributed by atoms with Crippen LogP contribution < -0.4 is 0 Å². The van der Waals surface area contributed by atoms with Crippen molar-refractivity contribution in [3.05, 3.63) is 30.2 Å². The van der Waals surface area contributed by atoms with E-state index in [4.69, 9.17) is 4.52 Å². The Balaban J connectivity index is 1.44. The van der Waals surface area contributed by atoms with E-state index < -0.39 is 6.10 Å². The molecule has 1 N–H and O–H groups in total. The zero-order valence-electron chi connectivity index (χ0n) is 15.2. The highest BCUT2D eigenvalue weighted by molar-refractivity contribution is 4.92. The first-order valence-electron chi connectivity index (χ1n) is 8.92. The van der Waals surface area contributed by atoms with Crippen molar-refractivity contribution in [2.45, 2.75) is 51.4 Å². The Bertz CT molecular complexity index is 641. The molecule has 0 unspecified atom stereocenters. The molecular weight excluding hydrogens is 320 g/mol. The zero-order valence-corrected chi connectivity index (χ0v) is 15.2. The van der Waals surface area contributed by atoms with Gasteiger partial charge in [0.15, 0.2) is 5.82 Å². The van der Waals surface area contributed by atoms with E-state index in [0.29, 0.717) is 31.6 Å². The van der Waals surface area contributed by atoms with Gasteiger partial charge in [-0.25, -0.2) is 0 Å². The number of hydrogen-bond acceptors (Lipinski definition) is 7. The fraction of sp³-hybridized carbons (Fsp3) is 0.706. The first-order valence-corrected chi connectivity index (χ1v) is 8.92.